The molecule has 0 bridgehead atoms. The van der Waals surface area contributed by atoms with Crippen LogP contribution in [0.5, 0.6) is 0 Å². The number of hydrogen-bond donors (Lipinski definition) is 1. The van der Waals surface area contributed by atoms with Crippen LogP contribution in [0.3, 0.4) is 0 Å². The Morgan fingerprint density at radius 3 is 2.83 bits per heavy atom. The lowest BCUT2D eigenvalue weighted by molar-refractivity contribution is 0.377. The predicted octanol–water partition coefficient (Wildman–Crippen LogP) is 3.12. The van der Waals surface area contributed by atoms with Crippen molar-refractivity contribution in [2.24, 2.45) is 11.3 Å². The zero-order valence-corrected chi connectivity index (χ0v) is 10.8. The first-order chi connectivity index (χ1) is 8.68. The third kappa shape index (κ3) is 1.46. The lowest BCUT2D eigenvalue weighted by Crippen LogP contribution is -2.15. The molecule has 1 aromatic carbocycles. The van der Waals surface area contributed by atoms with Crippen molar-refractivity contribution in [1.82, 2.24) is 9.55 Å². The van der Waals surface area contributed by atoms with Crippen LogP contribution < -0.4 is 5.73 Å². The zero-order chi connectivity index (χ0) is 12.3. The molecule has 2 aromatic rings. The van der Waals surface area contributed by atoms with Gasteiger partial charge in [0.1, 0.15) is 0 Å². The van der Waals surface area contributed by atoms with Gasteiger partial charge in [-0.25, -0.2) is 4.98 Å². The van der Waals surface area contributed by atoms with Gasteiger partial charge in [0.15, 0.2) is 0 Å². The summed E-state index contributed by atoms with van der Waals surface area (Å²) in [6.07, 6.45) is 5.60. The van der Waals surface area contributed by atoms with Crippen LogP contribution in [0.1, 0.15) is 31.2 Å². The number of imidazole rings is 1. The van der Waals surface area contributed by atoms with Crippen molar-refractivity contribution in [1.29, 1.82) is 0 Å². The Bertz CT molecular complexity index is 618. The quantitative estimate of drug-likeness (QED) is 0.897. The number of hydrogen-bond acceptors (Lipinski definition) is 2. The fourth-order valence-corrected chi connectivity index (χ4v) is 3.28. The molecule has 3 heteroatoms. The average molecular weight is 241 g/mol. The summed E-state index contributed by atoms with van der Waals surface area (Å²) in [7, 11) is 0. The van der Waals surface area contributed by atoms with Gasteiger partial charge in [0.05, 0.1) is 11.0 Å². The maximum Gasteiger partial charge on any atom is 0.201 e. The highest BCUT2D eigenvalue weighted by molar-refractivity contribution is 5.79. The third-order valence-electron chi connectivity index (χ3n) is 4.74. The molecule has 0 atom stereocenters. The van der Waals surface area contributed by atoms with Crippen molar-refractivity contribution >= 4 is 17.0 Å². The second-order valence-corrected chi connectivity index (χ2v) is 6.18. The fraction of sp³-hybridized carbons (Fsp3) is 0.533. The summed E-state index contributed by atoms with van der Waals surface area (Å²) in [5.41, 5.74) is 10.2. The maximum absolute atomic E-state index is 6.11. The normalized spacial score (nSPS) is 21.4. The van der Waals surface area contributed by atoms with E-state index in [1.54, 1.807) is 0 Å². The number of nitrogens with two attached hydrogens (primary N) is 1. The number of rotatable bonds is 3. The molecule has 18 heavy (non-hydrogen) atoms. The molecule has 0 amide bonds. The van der Waals surface area contributed by atoms with Crippen LogP contribution >= 0.6 is 0 Å². The molecule has 2 N–H and O–H groups in total. The van der Waals surface area contributed by atoms with Gasteiger partial charge in [-0.1, -0.05) is 6.07 Å². The van der Waals surface area contributed by atoms with E-state index in [2.05, 4.69) is 34.7 Å². The van der Waals surface area contributed by atoms with Crippen molar-refractivity contribution in [3.05, 3.63) is 23.8 Å². The van der Waals surface area contributed by atoms with E-state index >= 15 is 0 Å². The number of nitrogen functional groups attached to an aromatic ring is 1. The van der Waals surface area contributed by atoms with Gasteiger partial charge in [-0.3, -0.25) is 0 Å². The molecular formula is C15H19N3. The number of nitrogens with zero attached hydrogens (tertiary/aromatic N) is 2. The van der Waals surface area contributed by atoms with Crippen molar-refractivity contribution < 1.29 is 0 Å². The van der Waals surface area contributed by atoms with Gasteiger partial charge in [-0.05, 0) is 61.6 Å². The van der Waals surface area contributed by atoms with Gasteiger partial charge < -0.3 is 10.3 Å². The fourth-order valence-electron chi connectivity index (χ4n) is 3.28. The summed E-state index contributed by atoms with van der Waals surface area (Å²) in [5.74, 6) is 1.64. The number of benzene rings is 1. The third-order valence-corrected chi connectivity index (χ3v) is 4.74. The number of anilines is 1. The molecule has 3 nitrogen and oxygen atoms in total. The van der Waals surface area contributed by atoms with Crippen LogP contribution in [-0.4, -0.2) is 9.55 Å². The summed E-state index contributed by atoms with van der Waals surface area (Å²) in [5, 5.41) is 0. The molecule has 0 spiro atoms. The Morgan fingerprint density at radius 1 is 1.39 bits per heavy atom. The predicted molar refractivity (Wildman–Crippen MR) is 73.3 cm³/mol. The minimum atomic E-state index is 0.561. The zero-order valence-electron chi connectivity index (χ0n) is 10.8. The highest BCUT2D eigenvalue weighted by atomic mass is 15.2. The van der Waals surface area contributed by atoms with E-state index in [0.717, 1.165) is 18.0 Å². The molecular weight excluding hydrogens is 222 g/mol. The molecule has 4 rings (SSSR count). The summed E-state index contributed by atoms with van der Waals surface area (Å²) < 4.78 is 2.24. The van der Waals surface area contributed by atoms with E-state index in [4.69, 9.17) is 5.73 Å². The first kappa shape index (κ1) is 10.4. The molecule has 2 aliphatic rings. The maximum atomic E-state index is 6.11. The van der Waals surface area contributed by atoms with Gasteiger partial charge >= 0.3 is 0 Å². The van der Waals surface area contributed by atoms with Crippen molar-refractivity contribution in [3.63, 3.8) is 0 Å². The van der Waals surface area contributed by atoms with Crippen LogP contribution in [0, 0.1) is 18.3 Å². The average Bonchev–Trinajstić information content (AvgIpc) is 3.22. The molecule has 2 aliphatic carbocycles. The first-order valence-electron chi connectivity index (χ1n) is 6.90. The van der Waals surface area contributed by atoms with Crippen LogP contribution in [-0.2, 0) is 6.54 Å². The van der Waals surface area contributed by atoms with Gasteiger partial charge in [0.2, 0.25) is 5.95 Å². The molecule has 2 fully saturated rings. The summed E-state index contributed by atoms with van der Waals surface area (Å²) in [6, 6.07) is 6.39. The van der Waals surface area contributed by atoms with E-state index < -0.39 is 0 Å². The summed E-state index contributed by atoms with van der Waals surface area (Å²) in [6.45, 7) is 3.20. The Kier molecular flexibility index (Phi) is 1.90. The highest BCUT2D eigenvalue weighted by Gasteiger charge is 2.54. The van der Waals surface area contributed by atoms with E-state index in [1.807, 2.05) is 0 Å². The smallest absolute Gasteiger partial charge is 0.201 e. The van der Waals surface area contributed by atoms with E-state index in [9.17, 15) is 0 Å². The minimum Gasteiger partial charge on any atom is -0.369 e. The Labute approximate surface area is 107 Å². The lowest BCUT2D eigenvalue weighted by atomic mass is 10.0. The summed E-state index contributed by atoms with van der Waals surface area (Å²) >= 11 is 0. The van der Waals surface area contributed by atoms with E-state index in [-0.39, 0.29) is 0 Å². The number of aromatic nitrogens is 2. The van der Waals surface area contributed by atoms with E-state index in [0.29, 0.717) is 11.4 Å². The first-order valence-corrected chi connectivity index (χ1v) is 6.90. The van der Waals surface area contributed by atoms with Crippen LogP contribution in [0.25, 0.3) is 11.0 Å². The molecule has 0 radical (unpaired) electrons. The molecule has 0 unspecified atom stereocenters. The largest absolute Gasteiger partial charge is 0.369 e. The Hall–Kier alpha value is -1.51. The summed E-state index contributed by atoms with van der Waals surface area (Å²) in [4.78, 5) is 4.49. The van der Waals surface area contributed by atoms with E-state index in [1.165, 1.54) is 36.8 Å². The van der Waals surface area contributed by atoms with Crippen molar-refractivity contribution in [2.45, 2.75) is 39.2 Å². The number of fused-ring (bicyclic) bond motifs is 1. The van der Waals surface area contributed by atoms with Crippen molar-refractivity contribution in [2.75, 3.05) is 5.73 Å². The molecule has 94 valence electrons. The SMILES string of the molecule is Cc1ccc2nc(N)n(CC3(C4CC4)CC3)c2c1. The van der Waals surface area contributed by atoms with Crippen LogP contribution in [0.15, 0.2) is 18.2 Å². The molecule has 0 saturated heterocycles. The van der Waals surface area contributed by atoms with Crippen LogP contribution in [0.2, 0.25) is 0 Å². The Morgan fingerprint density at radius 2 is 2.17 bits per heavy atom. The van der Waals surface area contributed by atoms with Gasteiger partial charge in [0.25, 0.3) is 0 Å². The standard InChI is InChI=1S/C15H19N3/c1-10-2-5-12-13(8-10)18(14(16)17-12)9-15(6-7-15)11-3-4-11/h2,5,8,11H,3-4,6-7,9H2,1H3,(H2,16,17). The van der Waals surface area contributed by atoms with Crippen LogP contribution in [0.4, 0.5) is 5.95 Å². The van der Waals surface area contributed by atoms with Gasteiger partial charge in [-0.2, -0.15) is 0 Å². The lowest BCUT2D eigenvalue weighted by Gasteiger charge is -2.16. The van der Waals surface area contributed by atoms with Gasteiger partial charge in [-0.15, -0.1) is 0 Å². The molecule has 2 saturated carbocycles. The monoisotopic (exact) mass is 241 g/mol. The Balaban J connectivity index is 1.79. The van der Waals surface area contributed by atoms with Gasteiger partial charge in [0, 0.05) is 6.54 Å². The molecule has 1 aromatic heterocycles. The molecule has 0 aliphatic heterocycles. The second-order valence-electron chi connectivity index (χ2n) is 6.18. The number of aryl methyl sites for hydroxylation is 1. The topological polar surface area (TPSA) is 43.8 Å². The highest BCUT2D eigenvalue weighted by Crippen LogP contribution is 2.62. The minimum absolute atomic E-state index is 0.561. The molecule has 1 heterocycles. The second kappa shape index (κ2) is 3.28. The van der Waals surface area contributed by atoms with Crippen molar-refractivity contribution in [3.8, 4) is 0 Å².